The smallest absolute Gasteiger partial charge is 0.475 e. The van der Waals surface area contributed by atoms with E-state index in [0.29, 0.717) is 5.92 Å². The molecule has 0 bridgehead atoms. The minimum absolute atomic E-state index is 0.0692. The van der Waals surface area contributed by atoms with E-state index in [9.17, 15) is 18.0 Å². The molecule has 1 saturated heterocycles. The van der Waals surface area contributed by atoms with E-state index in [1.807, 2.05) is 12.3 Å². The molecule has 146 valence electrons. The highest BCUT2D eigenvalue weighted by Crippen LogP contribution is 2.54. The van der Waals surface area contributed by atoms with Gasteiger partial charge in [0.15, 0.2) is 0 Å². The van der Waals surface area contributed by atoms with E-state index in [0.717, 1.165) is 38.0 Å². The molecule has 6 nitrogen and oxygen atoms in total. The van der Waals surface area contributed by atoms with Gasteiger partial charge in [-0.25, -0.2) is 4.79 Å². The van der Waals surface area contributed by atoms with E-state index in [4.69, 9.17) is 9.90 Å². The molecule has 1 aromatic heterocycles. The number of piperidine rings is 1. The molecule has 2 aliphatic rings. The third-order valence-electron chi connectivity index (χ3n) is 5.11. The number of hydrogen-bond acceptors (Lipinski definition) is 3. The molecule has 1 aliphatic carbocycles. The molecular formula is C18H20F3N3O3. The summed E-state index contributed by atoms with van der Waals surface area (Å²) >= 11 is 0. The Kier molecular flexibility index (Phi) is 5.14. The molecule has 4 N–H and O–H groups in total. The number of halogens is 3. The number of para-hydroxylation sites is 1. The molecule has 1 amide bonds. The molecule has 1 aliphatic heterocycles. The van der Waals surface area contributed by atoms with Gasteiger partial charge in [-0.15, -0.1) is 0 Å². The van der Waals surface area contributed by atoms with Crippen LogP contribution in [0.4, 0.5) is 13.2 Å². The average Bonchev–Trinajstić information content (AvgIpc) is 2.98. The number of aromatic amines is 1. The molecular weight excluding hydrogens is 363 g/mol. The number of benzene rings is 1. The second-order valence-corrected chi connectivity index (χ2v) is 6.86. The number of H-pyrrole nitrogens is 1. The number of fused-ring (bicyclic) bond motifs is 2. The van der Waals surface area contributed by atoms with E-state index in [-0.39, 0.29) is 11.3 Å². The summed E-state index contributed by atoms with van der Waals surface area (Å²) in [4.78, 5) is 24.4. The fourth-order valence-corrected chi connectivity index (χ4v) is 3.52. The first-order chi connectivity index (χ1) is 12.7. The Hall–Kier alpha value is -2.55. The van der Waals surface area contributed by atoms with Crippen LogP contribution in [0, 0.1) is 11.3 Å². The van der Waals surface area contributed by atoms with Crippen molar-refractivity contribution in [3.05, 3.63) is 36.0 Å². The van der Waals surface area contributed by atoms with Crippen molar-refractivity contribution in [2.75, 3.05) is 19.6 Å². The molecule has 9 heteroatoms. The van der Waals surface area contributed by atoms with Gasteiger partial charge in [0.05, 0.1) is 5.41 Å². The van der Waals surface area contributed by atoms with Gasteiger partial charge in [0.25, 0.3) is 0 Å². The highest BCUT2D eigenvalue weighted by Gasteiger charge is 2.62. The molecule has 2 aromatic rings. The van der Waals surface area contributed by atoms with E-state index in [2.05, 4.69) is 33.8 Å². The lowest BCUT2D eigenvalue weighted by molar-refractivity contribution is -0.192. The van der Waals surface area contributed by atoms with Crippen LogP contribution in [0.15, 0.2) is 30.5 Å². The molecule has 1 saturated carbocycles. The first-order valence-corrected chi connectivity index (χ1v) is 8.58. The fraction of sp³-hybridized carbons (Fsp3) is 0.444. The van der Waals surface area contributed by atoms with E-state index in [1.54, 1.807) is 0 Å². The Balaban J connectivity index is 0.000000260. The maximum absolute atomic E-state index is 12.2. The second kappa shape index (κ2) is 7.22. The summed E-state index contributed by atoms with van der Waals surface area (Å²) in [7, 11) is 0. The summed E-state index contributed by atoms with van der Waals surface area (Å²) in [6.07, 6.45) is -1.09. The Labute approximate surface area is 153 Å². The molecule has 4 rings (SSSR count). The quantitative estimate of drug-likeness (QED) is 0.650. The summed E-state index contributed by atoms with van der Waals surface area (Å²) in [5.74, 6) is -1.93. The molecule has 2 fully saturated rings. The Morgan fingerprint density at radius 3 is 2.59 bits per heavy atom. The average molecular weight is 383 g/mol. The number of carboxylic acids is 1. The van der Waals surface area contributed by atoms with Gasteiger partial charge < -0.3 is 20.7 Å². The van der Waals surface area contributed by atoms with Crippen LogP contribution < -0.4 is 10.6 Å². The van der Waals surface area contributed by atoms with Crippen LogP contribution in [0.25, 0.3) is 10.9 Å². The van der Waals surface area contributed by atoms with Crippen molar-refractivity contribution >= 4 is 22.8 Å². The lowest BCUT2D eigenvalue weighted by Gasteiger charge is -2.12. The van der Waals surface area contributed by atoms with Crippen molar-refractivity contribution in [2.24, 2.45) is 11.3 Å². The predicted octanol–water partition coefficient (Wildman–Crippen LogP) is 2.07. The van der Waals surface area contributed by atoms with Gasteiger partial charge in [0, 0.05) is 30.2 Å². The van der Waals surface area contributed by atoms with Gasteiger partial charge in [-0.05, 0) is 36.9 Å². The molecule has 2 unspecified atom stereocenters. The number of hydrogen-bond donors (Lipinski definition) is 4. The molecule has 2 heterocycles. The van der Waals surface area contributed by atoms with E-state index in [1.165, 1.54) is 10.9 Å². The van der Waals surface area contributed by atoms with Gasteiger partial charge in [-0.1, -0.05) is 18.2 Å². The highest BCUT2D eigenvalue weighted by atomic mass is 19.4. The first-order valence-electron chi connectivity index (χ1n) is 8.58. The van der Waals surface area contributed by atoms with Crippen molar-refractivity contribution in [1.29, 1.82) is 0 Å². The maximum Gasteiger partial charge on any atom is 0.490 e. The van der Waals surface area contributed by atoms with E-state index >= 15 is 0 Å². The van der Waals surface area contributed by atoms with Crippen molar-refractivity contribution in [1.82, 2.24) is 15.6 Å². The Bertz CT molecular complexity index is 849. The van der Waals surface area contributed by atoms with Crippen molar-refractivity contribution in [3.8, 4) is 0 Å². The van der Waals surface area contributed by atoms with Crippen LogP contribution in [-0.2, 0) is 16.0 Å². The Morgan fingerprint density at radius 1 is 1.30 bits per heavy atom. The Morgan fingerprint density at radius 2 is 2.00 bits per heavy atom. The number of carboxylic acid groups (broad SMARTS) is 1. The number of amides is 1. The van der Waals surface area contributed by atoms with Crippen LogP contribution in [0.3, 0.4) is 0 Å². The number of rotatable bonds is 4. The molecule has 2 atom stereocenters. The normalized spacial score (nSPS) is 23.3. The number of carbonyl (C=O) groups excluding carboxylic acids is 1. The van der Waals surface area contributed by atoms with Gasteiger partial charge >= 0.3 is 12.1 Å². The summed E-state index contributed by atoms with van der Waals surface area (Å²) < 4.78 is 31.7. The number of aromatic nitrogens is 1. The number of nitrogens with one attached hydrogen (secondary N) is 3. The van der Waals surface area contributed by atoms with Crippen LogP contribution in [0.5, 0.6) is 0 Å². The first kappa shape index (κ1) is 19.2. The maximum atomic E-state index is 12.2. The third kappa shape index (κ3) is 4.08. The summed E-state index contributed by atoms with van der Waals surface area (Å²) in [5, 5.41) is 14.8. The van der Waals surface area contributed by atoms with Crippen LogP contribution in [0.2, 0.25) is 0 Å². The van der Waals surface area contributed by atoms with Crippen molar-refractivity contribution < 1.29 is 27.9 Å². The van der Waals surface area contributed by atoms with Gasteiger partial charge in [-0.2, -0.15) is 13.2 Å². The fourth-order valence-electron chi connectivity index (χ4n) is 3.52. The third-order valence-corrected chi connectivity index (χ3v) is 5.11. The summed E-state index contributed by atoms with van der Waals surface area (Å²) in [5.41, 5.74) is 2.37. The summed E-state index contributed by atoms with van der Waals surface area (Å²) in [6.45, 7) is 2.58. The topological polar surface area (TPSA) is 94.2 Å². The largest absolute Gasteiger partial charge is 0.490 e. The SMILES string of the molecule is O=C(NCCc1c[nH]c2ccccc12)C12CNCC1C2.O=C(O)C(F)(F)F. The minimum Gasteiger partial charge on any atom is -0.475 e. The zero-order chi connectivity index (χ0) is 19.7. The molecule has 27 heavy (non-hydrogen) atoms. The second-order valence-electron chi connectivity index (χ2n) is 6.86. The molecule has 0 spiro atoms. The zero-order valence-electron chi connectivity index (χ0n) is 14.4. The number of alkyl halides is 3. The number of aliphatic carboxylic acids is 1. The standard InChI is InChI=1S/C16H19N3O.C2HF3O2/c20-15(16-7-12(16)9-17-10-16)18-6-5-11-8-19-14-4-2-1-3-13(11)14;3-2(4,5)1(6)7/h1-4,8,12,17,19H,5-7,9-10H2,(H,18,20);(H,6,7). The molecule has 0 radical (unpaired) electrons. The highest BCUT2D eigenvalue weighted by molar-refractivity contribution is 5.87. The molecule has 1 aromatic carbocycles. The predicted molar refractivity (Wildman–Crippen MR) is 92.1 cm³/mol. The van der Waals surface area contributed by atoms with Gasteiger partial charge in [0.1, 0.15) is 0 Å². The zero-order valence-corrected chi connectivity index (χ0v) is 14.4. The lowest BCUT2D eigenvalue weighted by atomic mass is 10.1. The van der Waals surface area contributed by atoms with Crippen LogP contribution >= 0.6 is 0 Å². The van der Waals surface area contributed by atoms with Crippen LogP contribution in [-0.4, -0.2) is 47.8 Å². The van der Waals surface area contributed by atoms with Gasteiger partial charge in [0.2, 0.25) is 5.91 Å². The summed E-state index contributed by atoms with van der Waals surface area (Å²) in [6, 6.07) is 8.29. The van der Waals surface area contributed by atoms with Crippen molar-refractivity contribution in [3.63, 3.8) is 0 Å². The minimum atomic E-state index is -5.08. The van der Waals surface area contributed by atoms with E-state index < -0.39 is 12.1 Å². The lowest BCUT2D eigenvalue weighted by Crippen LogP contribution is -2.36. The van der Waals surface area contributed by atoms with Crippen molar-refractivity contribution in [2.45, 2.75) is 19.0 Å². The number of carbonyl (C=O) groups is 2. The van der Waals surface area contributed by atoms with Crippen LogP contribution in [0.1, 0.15) is 12.0 Å². The monoisotopic (exact) mass is 383 g/mol. The van der Waals surface area contributed by atoms with Gasteiger partial charge in [-0.3, -0.25) is 4.79 Å².